The van der Waals surface area contributed by atoms with Crippen LogP contribution < -0.4 is 4.72 Å². The minimum absolute atomic E-state index is 0.0418. The Hall–Kier alpha value is -1.41. The predicted octanol–water partition coefficient (Wildman–Crippen LogP) is 0.251. The molecule has 0 aromatic carbocycles. The van der Waals surface area contributed by atoms with Crippen LogP contribution in [0.4, 0.5) is 0 Å². The van der Waals surface area contributed by atoms with Crippen LogP contribution in [0, 0.1) is 12.3 Å². The average Bonchev–Trinajstić information content (AvgIpc) is 2.63. The Morgan fingerprint density at radius 1 is 1.61 bits per heavy atom. The predicted molar refractivity (Wildman–Crippen MR) is 62.4 cm³/mol. The molecule has 18 heavy (non-hydrogen) atoms. The van der Waals surface area contributed by atoms with Gasteiger partial charge in [0.25, 0.3) is 10.0 Å². The number of carbonyl (C=O) groups is 1. The van der Waals surface area contributed by atoms with E-state index in [1.54, 1.807) is 6.92 Å². The molecule has 7 nitrogen and oxygen atoms in total. The van der Waals surface area contributed by atoms with Gasteiger partial charge in [0.1, 0.15) is 5.82 Å². The number of sulfonamides is 1. The SMILES string of the molecule is Cc1ncc(S(=O)(=O)NCC2(C(=O)O)CCC2)[nH]1. The van der Waals surface area contributed by atoms with E-state index in [1.807, 2.05) is 0 Å². The summed E-state index contributed by atoms with van der Waals surface area (Å²) in [7, 11) is -3.71. The van der Waals surface area contributed by atoms with Crippen molar-refractivity contribution in [3.63, 3.8) is 0 Å². The molecule has 1 aliphatic carbocycles. The van der Waals surface area contributed by atoms with E-state index in [0.717, 1.165) is 6.42 Å². The molecule has 0 bridgehead atoms. The Morgan fingerprint density at radius 3 is 2.67 bits per heavy atom. The number of rotatable bonds is 5. The van der Waals surface area contributed by atoms with Crippen molar-refractivity contribution in [3.8, 4) is 0 Å². The van der Waals surface area contributed by atoms with Gasteiger partial charge in [0.2, 0.25) is 0 Å². The number of carboxylic acid groups (broad SMARTS) is 1. The third-order valence-electron chi connectivity index (χ3n) is 3.33. The van der Waals surface area contributed by atoms with Gasteiger partial charge in [0.15, 0.2) is 5.03 Å². The number of aromatic nitrogens is 2. The molecular formula is C10H15N3O4S. The number of nitrogens with zero attached hydrogens (tertiary/aromatic N) is 1. The summed E-state index contributed by atoms with van der Waals surface area (Å²) in [5.74, 6) is -0.454. The van der Waals surface area contributed by atoms with E-state index in [4.69, 9.17) is 5.11 Å². The molecule has 100 valence electrons. The van der Waals surface area contributed by atoms with Gasteiger partial charge in [0, 0.05) is 6.54 Å². The molecule has 1 saturated carbocycles. The van der Waals surface area contributed by atoms with Gasteiger partial charge in [-0.3, -0.25) is 4.79 Å². The van der Waals surface area contributed by atoms with Gasteiger partial charge in [-0.05, 0) is 19.8 Å². The fourth-order valence-electron chi connectivity index (χ4n) is 1.92. The van der Waals surface area contributed by atoms with Gasteiger partial charge in [-0.2, -0.15) is 0 Å². The maximum Gasteiger partial charge on any atom is 0.310 e. The van der Waals surface area contributed by atoms with E-state index in [1.165, 1.54) is 6.20 Å². The molecule has 8 heteroatoms. The van der Waals surface area contributed by atoms with Gasteiger partial charge in [0.05, 0.1) is 11.6 Å². The highest BCUT2D eigenvalue weighted by Gasteiger charge is 2.45. The Balaban J connectivity index is 2.08. The third-order valence-corrected chi connectivity index (χ3v) is 4.64. The number of nitrogens with one attached hydrogen (secondary N) is 2. The molecule has 2 rings (SSSR count). The van der Waals surface area contributed by atoms with Crippen LogP contribution >= 0.6 is 0 Å². The maximum atomic E-state index is 11.9. The summed E-state index contributed by atoms with van der Waals surface area (Å²) in [6.07, 6.45) is 3.04. The molecule has 0 radical (unpaired) electrons. The molecule has 1 fully saturated rings. The molecule has 1 aliphatic rings. The van der Waals surface area contributed by atoms with Crippen molar-refractivity contribution in [1.82, 2.24) is 14.7 Å². The molecule has 0 spiro atoms. The highest BCUT2D eigenvalue weighted by molar-refractivity contribution is 7.89. The highest BCUT2D eigenvalue weighted by Crippen LogP contribution is 2.40. The molecule has 1 heterocycles. The van der Waals surface area contributed by atoms with Crippen molar-refractivity contribution in [3.05, 3.63) is 12.0 Å². The van der Waals surface area contributed by atoms with E-state index >= 15 is 0 Å². The number of H-pyrrole nitrogens is 1. The topological polar surface area (TPSA) is 112 Å². The summed E-state index contributed by atoms with van der Waals surface area (Å²) in [5, 5.41) is 9.06. The minimum atomic E-state index is -3.71. The summed E-state index contributed by atoms with van der Waals surface area (Å²) >= 11 is 0. The summed E-state index contributed by atoms with van der Waals surface area (Å²) in [4.78, 5) is 17.5. The van der Waals surface area contributed by atoms with Crippen LogP contribution in [-0.2, 0) is 14.8 Å². The van der Waals surface area contributed by atoms with Crippen LogP contribution in [0.5, 0.6) is 0 Å². The summed E-state index contributed by atoms with van der Waals surface area (Å²) in [5.41, 5.74) is -0.942. The molecule has 1 aromatic rings. The molecule has 0 atom stereocenters. The Morgan fingerprint density at radius 2 is 2.28 bits per heavy atom. The maximum absolute atomic E-state index is 11.9. The lowest BCUT2D eigenvalue weighted by atomic mass is 9.69. The molecule has 1 aromatic heterocycles. The van der Waals surface area contributed by atoms with Gasteiger partial charge in [-0.1, -0.05) is 6.42 Å². The monoisotopic (exact) mass is 273 g/mol. The first kappa shape index (κ1) is 13.0. The van der Waals surface area contributed by atoms with Crippen molar-refractivity contribution in [1.29, 1.82) is 0 Å². The van der Waals surface area contributed by atoms with Crippen molar-refractivity contribution in [2.45, 2.75) is 31.2 Å². The first-order valence-corrected chi connectivity index (χ1v) is 7.09. The number of carboxylic acids is 1. The standard InChI is InChI=1S/C10H15N3O4S/c1-7-11-5-8(13-7)18(16,17)12-6-10(9(14)15)3-2-4-10/h5,12H,2-4,6H2,1H3,(H,11,13)(H,14,15). The normalized spacial score (nSPS) is 18.3. The zero-order valence-corrected chi connectivity index (χ0v) is 10.7. The average molecular weight is 273 g/mol. The molecule has 0 saturated heterocycles. The third kappa shape index (κ3) is 2.25. The summed E-state index contributed by atoms with van der Waals surface area (Å²) in [6.45, 7) is 1.56. The Kier molecular flexibility index (Phi) is 3.16. The highest BCUT2D eigenvalue weighted by atomic mass is 32.2. The second-order valence-electron chi connectivity index (χ2n) is 4.60. The fourth-order valence-corrected chi connectivity index (χ4v) is 3.01. The quantitative estimate of drug-likeness (QED) is 0.712. The largest absolute Gasteiger partial charge is 0.481 e. The molecular weight excluding hydrogens is 258 g/mol. The summed E-state index contributed by atoms with van der Waals surface area (Å²) in [6, 6.07) is 0. The van der Waals surface area contributed by atoms with Crippen molar-refractivity contribution in [2.75, 3.05) is 6.54 Å². The first-order chi connectivity index (χ1) is 8.36. The van der Waals surface area contributed by atoms with E-state index < -0.39 is 21.4 Å². The fraction of sp³-hybridized carbons (Fsp3) is 0.600. The number of aryl methyl sites for hydroxylation is 1. The van der Waals surface area contributed by atoms with Crippen molar-refractivity contribution >= 4 is 16.0 Å². The second kappa shape index (κ2) is 4.36. The van der Waals surface area contributed by atoms with E-state index in [9.17, 15) is 13.2 Å². The second-order valence-corrected chi connectivity index (χ2v) is 6.33. The Bertz CT molecular complexity index is 559. The lowest BCUT2D eigenvalue weighted by molar-refractivity contribution is -0.153. The number of aliphatic carboxylic acids is 1. The number of aromatic amines is 1. The Labute approximate surface area is 105 Å². The van der Waals surface area contributed by atoms with Crippen LogP contribution in [-0.4, -0.2) is 36.0 Å². The lowest BCUT2D eigenvalue weighted by Gasteiger charge is -2.37. The smallest absolute Gasteiger partial charge is 0.310 e. The van der Waals surface area contributed by atoms with Gasteiger partial charge in [-0.15, -0.1) is 0 Å². The molecule has 0 amide bonds. The van der Waals surface area contributed by atoms with E-state index in [0.29, 0.717) is 18.7 Å². The molecule has 3 N–H and O–H groups in total. The van der Waals surface area contributed by atoms with Crippen molar-refractivity contribution < 1.29 is 18.3 Å². The summed E-state index contributed by atoms with van der Waals surface area (Å²) < 4.78 is 26.1. The van der Waals surface area contributed by atoms with Gasteiger partial charge < -0.3 is 10.1 Å². The molecule has 0 aliphatic heterocycles. The van der Waals surface area contributed by atoms with Crippen LogP contribution in [0.25, 0.3) is 0 Å². The van der Waals surface area contributed by atoms with Crippen LogP contribution in [0.15, 0.2) is 11.2 Å². The van der Waals surface area contributed by atoms with Crippen molar-refractivity contribution in [2.24, 2.45) is 5.41 Å². The lowest BCUT2D eigenvalue weighted by Crippen LogP contribution is -2.47. The zero-order chi connectivity index (χ0) is 13.4. The number of hydrogen-bond acceptors (Lipinski definition) is 4. The van der Waals surface area contributed by atoms with Crippen LogP contribution in [0.2, 0.25) is 0 Å². The van der Waals surface area contributed by atoms with E-state index in [2.05, 4.69) is 14.7 Å². The first-order valence-electron chi connectivity index (χ1n) is 5.60. The molecule has 0 unspecified atom stereocenters. The zero-order valence-electron chi connectivity index (χ0n) is 9.93. The number of hydrogen-bond donors (Lipinski definition) is 3. The number of imidazole rings is 1. The van der Waals surface area contributed by atoms with Crippen LogP contribution in [0.1, 0.15) is 25.1 Å². The van der Waals surface area contributed by atoms with Crippen LogP contribution in [0.3, 0.4) is 0 Å². The van der Waals surface area contributed by atoms with E-state index in [-0.39, 0.29) is 11.6 Å². The minimum Gasteiger partial charge on any atom is -0.481 e. The van der Waals surface area contributed by atoms with Gasteiger partial charge >= 0.3 is 5.97 Å². The van der Waals surface area contributed by atoms with Gasteiger partial charge in [-0.25, -0.2) is 18.1 Å².